The molecule has 212 valence electrons. The molecule has 13 heteroatoms. The summed E-state index contributed by atoms with van der Waals surface area (Å²) in [6, 6.07) is 13.2. The highest BCUT2D eigenvalue weighted by Gasteiger charge is 2.37. The van der Waals surface area contributed by atoms with Gasteiger partial charge in [-0.1, -0.05) is 23.2 Å². The fraction of sp³-hybridized carbons (Fsp3) is 0.143. The first-order chi connectivity index (χ1) is 19.6. The third-order valence-electron chi connectivity index (χ3n) is 5.63. The van der Waals surface area contributed by atoms with E-state index < -0.39 is 23.8 Å². The maximum absolute atomic E-state index is 13.3. The minimum Gasteiger partial charge on any atom is -0.497 e. The van der Waals surface area contributed by atoms with E-state index in [2.05, 4.69) is 26.6 Å². The van der Waals surface area contributed by atoms with Crippen LogP contribution in [-0.4, -0.2) is 44.1 Å². The van der Waals surface area contributed by atoms with Gasteiger partial charge in [-0.15, -0.1) is 0 Å². The zero-order valence-corrected chi connectivity index (χ0v) is 24.7. The molecule has 0 spiro atoms. The van der Waals surface area contributed by atoms with Gasteiger partial charge in [-0.25, -0.2) is 9.69 Å². The highest BCUT2D eigenvalue weighted by molar-refractivity contribution is 9.10. The van der Waals surface area contributed by atoms with Crippen LogP contribution in [-0.2, 0) is 14.4 Å². The van der Waals surface area contributed by atoms with Crippen LogP contribution in [0.3, 0.4) is 0 Å². The molecule has 0 bridgehead atoms. The van der Waals surface area contributed by atoms with E-state index >= 15 is 0 Å². The van der Waals surface area contributed by atoms with Crippen LogP contribution in [0.4, 0.5) is 16.2 Å². The van der Waals surface area contributed by atoms with E-state index in [-0.39, 0.29) is 46.0 Å². The van der Waals surface area contributed by atoms with Gasteiger partial charge in [0.1, 0.15) is 11.3 Å². The van der Waals surface area contributed by atoms with Crippen molar-refractivity contribution in [2.24, 2.45) is 0 Å². The summed E-state index contributed by atoms with van der Waals surface area (Å²) in [5.41, 5.74) is 0.775. The first kappa shape index (κ1) is 29.9. The van der Waals surface area contributed by atoms with Crippen molar-refractivity contribution in [2.75, 3.05) is 30.5 Å². The van der Waals surface area contributed by atoms with Gasteiger partial charge in [0.25, 0.3) is 17.7 Å². The number of amides is 5. The number of carbonyl (C=O) groups excluding carboxylic acids is 4. The van der Waals surface area contributed by atoms with Crippen molar-refractivity contribution in [1.29, 1.82) is 0 Å². The molecule has 0 unspecified atom stereocenters. The van der Waals surface area contributed by atoms with E-state index in [9.17, 15) is 19.2 Å². The van der Waals surface area contributed by atoms with Crippen LogP contribution in [0.15, 0.2) is 64.6 Å². The van der Waals surface area contributed by atoms with Gasteiger partial charge in [-0.2, -0.15) is 0 Å². The molecule has 2 N–H and O–H groups in total. The second-order valence-electron chi connectivity index (χ2n) is 8.38. The normalized spacial score (nSPS) is 14.1. The van der Waals surface area contributed by atoms with Crippen LogP contribution >= 0.6 is 39.1 Å². The van der Waals surface area contributed by atoms with Crippen LogP contribution in [0.2, 0.25) is 10.0 Å². The smallest absolute Gasteiger partial charge is 0.335 e. The quantitative estimate of drug-likeness (QED) is 0.218. The van der Waals surface area contributed by atoms with Crippen molar-refractivity contribution >= 4 is 80.3 Å². The monoisotopic (exact) mass is 661 g/mol. The molecule has 1 aliphatic rings. The lowest BCUT2D eigenvalue weighted by Gasteiger charge is -2.26. The largest absolute Gasteiger partial charge is 0.497 e. The van der Waals surface area contributed by atoms with Crippen LogP contribution in [0, 0.1) is 0 Å². The molecule has 1 saturated heterocycles. The number of anilines is 2. The van der Waals surface area contributed by atoms with Gasteiger partial charge in [-0.05, 0) is 89.1 Å². The predicted octanol–water partition coefficient (Wildman–Crippen LogP) is 5.85. The number of hydrogen-bond acceptors (Lipinski definition) is 7. The van der Waals surface area contributed by atoms with Gasteiger partial charge < -0.3 is 19.5 Å². The van der Waals surface area contributed by atoms with Crippen molar-refractivity contribution in [3.05, 3.63) is 80.3 Å². The van der Waals surface area contributed by atoms with E-state index in [1.165, 1.54) is 24.3 Å². The molecule has 0 saturated carbocycles. The Morgan fingerprint density at radius 3 is 2.41 bits per heavy atom. The maximum Gasteiger partial charge on any atom is 0.335 e. The first-order valence-electron chi connectivity index (χ1n) is 12.0. The summed E-state index contributed by atoms with van der Waals surface area (Å²) in [6.07, 6.45) is 1.31. The number of urea groups is 1. The van der Waals surface area contributed by atoms with Gasteiger partial charge in [0.2, 0.25) is 0 Å². The summed E-state index contributed by atoms with van der Waals surface area (Å²) in [4.78, 5) is 51.6. The van der Waals surface area contributed by atoms with E-state index in [4.69, 9.17) is 37.4 Å². The Morgan fingerprint density at radius 1 is 1.02 bits per heavy atom. The molecule has 10 nitrogen and oxygen atoms in total. The Kier molecular flexibility index (Phi) is 9.53. The van der Waals surface area contributed by atoms with Crippen molar-refractivity contribution in [3.63, 3.8) is 0 Å². The highest BCUT2D eigenvalue weighted by atomic mass is 79.9. The average molecular weight is 663 g/mol. The molecule has 1 fully saturated rings. The molecule has 1 aliphatic heterocycles. The van der Waals surface area contributed by atoms with Crippen LogP contribution < -0.4 is 29.7 Å². The topological polar surface area (TPSA) is 123 Å². The van der Waals surface area contributed by atoms with E-state index in [1.54, 1.807) is 50.4 Å². The molecule has 5 amide bonds. The van der Waals surface area contributed by atoms with E-state index in [0.29, 0.717) is 21.5 Å². The molecule has 1 heterocycles. The lowest BCUT2D eigenvalue weighted by Crippen LogP contribution is -2.54. The SMILES string of the molecule is CCOc1cc(/C=C2/C(=O)NC(=O)N(c3ccc(Cl)c(Cl)c3)C2=O)cc(Br)c1OCC(=O)Nc1ccc(OC)cc1. The maximum atomic E-state index is 13.3. The Bertz CT molecular complexity index is 1560. The van der Waals surface area contributed by atoms with E-state index in [1.807, 2.05) is 0 Å². The fourth-order valence-electron chi connectivity index (χ4n) is 3.77. The minimum absolute atomic E-state index is 0.130. The van der Waals surface area contributed by atoms with Crippen molar-refractivity contribution in [2.45, 2.75) is 6.92 Å². The lowest BCUT2D eigenvalue weighted by molar-refractivity contribution is -0.122. The molecule has 3 aromatic rings. The molecular formula is C28H22BrCl2N3O7. The second kappa shape index (κ2) is 13.1. The molecule has 0 aliphatic carbocycles. The number of halogens is 3. The zero-order chi connectivity index (χ0) is 29.7. The number of carbonyl (C=O) groups is 4. The number of ether oxygens (including phenoxy) is 3. The standard InChI is InChI=1S/C28H22BrCl2N3O7/c1-3-40-23-12-15(11-20(29)25(23)41-14-24(35)32-16-4-7-18(39-2)8-5-16)10-19-26(36)33-28(38)34(27(19)37)17-6-9-21(30)22(31)13-17/h4-13H,3,14H2,1-2H3,(H,32,35)(H,33,36,38)/b19-10-. The molecule has 3 aromatic carbocycles. The number of methoxy groups -OCH3 is 1. The lowest BCUT2D eigenvalue weighted by atomic mass is 10.1. The van der Waals surface area contributed by atoms with Crippen LogP contribution in [0.5, 0.6) is 17.2 Å². The summed E-state index contributed by atoms with van der Waals surface area (Å²) >= 11 is 15.4. The zero-order valence-electron chi connectivity index (χ0n) is 21.6. The summed E-state index contributed by atoms with van der Waals surface area (Å²) < 4.78 is 17.0. The number of nitrogens with zero attached hydrogens (tertiary/aromatic N) is 1. The molecule has 0 atom stereocenters. The predicted molar refractivity (Wildman–Crippen MR) is 158 cm³/mol. The number of rotatable bonds is 9. The summed E-state index contributed by atoms with van der Waals surface area (Å²) in [5, 5.41) is 5.24. The Labute approximate surface area is 253 Å². The van der Waals surface area contributed by atoms with Crippen molar-refractivity contribution in [1.82, 2.24) is 5.32 Å². The average Bonchev–Trinajstić information content (AvgIpc) is 2.93. The van der Waals surface area contributed by atoms with Gasteiger partial charge in [0.15, 0.2) is 18.1 Å². The molecule has 4 rings (SSSR count). The Balaban J connectivity index is 1.57. The van der Waals surface area contributed by atoms with Gasteiger partial charge in [-0.3, -0.25) is 19.7 Å². The first-order valence-corrected chi connectivity index (χ1v) is 13.6. The number of imide groups is 2. The van der Waals surface area contributed by atoms with Gasteiger partial charge in [0, 0.05) is 5.69 Å². The van der Waals surface area contributed by atoms with Crippen molar-refractivity contribution < 1.29 is 33.4 Å². The number of barbiturate groups is 1. The minimum atomic E-state index is -0.927. The summed E-state index contributed by atoms with van der Waals surface area (Å²) in [5.74, 6) is -0.992. The second-order valence-corrected chi connectivity index (χ2v) is 10.1. The third kappa shape index (κ3) is 6.99. The Hall–Kier alpha value is -4.06. The summed E-state index contributed by atoms with van der Waals surface area (Å²) in [6.45, 7) is 1.70. The molecule has 0 aromatic heterocycles. The molecule has 0 radical (unpaired) electrons. The number of nitrogens with one attached hydrogen (secondary N) is 2. The fourth-order valence-corrected chi connectivity index (χ4v) is 4.63. The summed E-state index contributed by atoms with van der Waals surface area (Å²) in [7, 11) is 1.55. The van der Waals surface area contributed by atoms with Crippen molar-refractivity contribution in [3.8, 4) is 17.2 Å². The van der Waals surface area contributed by atoms with Crippen LogP contribution in [0.1, 0.15) is 12.5 Å². The molecule has 41 heavy (non-hydrogen) atoms. The van der Waals surface area contributed by atoms with Crippen LogP contribution in [0.25, 0.3) is 6.08 Å². The van der Waals surface area contributed by atoms with Gasteiger partial charge in [0.05, 0.1) is 33.9 Å². The van der Waals surface area contributed by atoms with Gasteiger partial charge >= 0.3 is 6.03 Å². The number of benzene rings is 3. The highest BCUT2D eigenvalue weighted by Crippen LogP contribution is 2.38. The van der Waals surface area contributed by atoms with E-state index in [0.717, 1.165) is 4.90 Å². The molecular weight excluding hydrogens is 641 g/mol. The third-order valence-corrected chi connectivity index (χ3v) is 6.96. The number of hydrogen-bond donors (Lipinski definition) is 2. The Morgan fingerprint density at radius 2 is 1.76 bits per heavy atom.